The number of hydrogen-bond acceptors (Lipinski definition) is 3. The molecular weight excluding hydrogens is 142 g/mol. The van der Waals surface area contributed by atoms with Crippen LogP contribution in [0, 0.1) is 0 Å². The topological polar surface area (TPSA) is 53.1 Å². The second kappa shape index (κ2) is 3.50. The van der Waals surface area contributed by atoms with Gasteiger partial charge in [0.05, 0.1) is 18.2 Å². The third-order valence-electron chi connectivity index (χ3n) is 1.68. The fraction of sp³-hybridized carbons (Fsp3) is 0.571. The van der Waals surface area contributed by atoms with Crippen LogP contribution in [-0.4, -0.2) is 23.2 Å². The summed E-state index contributed by atoms with van der Waals surface area (Å²) in [7, 11) is 3.56. The van der Waals surface area contributed by atoms with E-state index in [1.165, 1.54) is 0 Å². The molecule has 11 heavy (non-hydrogen) atoms. The van der Waals surface area contributed by atoms with E-state index < -0.39 is 0 Å². The van der Waals surface area contributed by atoms with Gasteiger partial charge in [-0.3, -0.25) is 0 Å². The summed E-state index contributed by atoms with van der Waals surface area (Å²) >= 11 is 0. The first kappa shape index (κ1) is 8.23. The monoisotopic (exact) mass is 155 g/mol. The minimum absolute atomic E-state index is 0.0394. The first-order valence-electron chi connectivity index (χ1n) is 3.48. The van der Waals surface area contributed by atoms with E-state index >= 15 is 0 Å². The minimum Gasteiger partial charge on any atom is -0.374 e. The molecule has 1 unspecified atom stereocenters. The SMILES string of the molecule is COC(CN)c1cncn1C. The van der Waals surface area contributed by atoms with E-state index in [9.17, 15) is 0 Å². The Morgan fingerprint density at radius 2 is 2.55 bits per heavy atom. The highest BCUT2D eigenvalue weighted by atomic mass is 16.5. The zero-order chi connectivity index (χ0) is 8.27. The van der Waals surface area contributed by atoms with Gasteiger partial charge in [0.1, 0.15) is 6.10 Å². The molecule has 0 saturated heterocycles. The highest BCUT2D eigenvalue weighted by Gasteiger charge is 2.10. The zero-order valence-electron chi connectivity index (χ0n) is 6.82. The van der Waals surface area contributed by atoms with E-state index in [4.69, 9.17) is 10.5 Å². The zero-order valence-corrected chi connectivity index (χ0v) is 6.82. The van der Waals surface area contributed by atoms with Crippen LogP contribution < -0.4 is 5.73 Å². The van der Waals surface area contributed by atoms with E-state index in [2.05, 4.69) is 4.98 Å². The van der Waals surface area contributed by atoms with Gasteiger partial charge in [0.2, 0.25) is 0 Å². The van der Waals surface area contributed by atoms with Crippen LogP contribution in [0.1, 0.15) is 11.8 Å². The normalized spacial score (nSPS) is 13.4. The second-order valence-electron chi connectivity index (χ2n) is 2.39. The molecule has 0 radical (unpaired) electrons. The molecule has 0 saturated carbocycles. The summed E-state index contributed by atoms with van der Waals surface area (Å²) in [6.07, 6.45) is 3.46. The van der Waals surface area contributed by atoms with Crippen molar-refractivity contribution in [3.63, 3.8) is 0 Å². The summed E-state index contributed by atoms with van der Waals surface area (Å²) in [6.45, 7) is 0.482. The van der Waals surface area contributed by atoms with Gasteiger partial charge in [-0.25, -0.2) is 4.98 Å². The number of hydrogen-bond donors (Lipinski definition) is 1. The molecule has 2 N–H and O–H groups in total. The molecule has 0 amide bonds. The molecule has 0 aromatic carbocycles. The highest BCUT2D eigenvalue weighted by molar-refractivity contribution is 5.02. The van der Waals surface area contributed by atoms with Crippen LogP contribution in [0.4, 0.5) is 0 Å². The average molecular weight is 155 g/mol. The Hall–Kier alpha value is -0.870. The third kappa shape index (κ3) is 1.58. The van der Waals surface area contributed by atoms with Crippen molar-refractivity contribution in [1.82, 2.24) is 9.55 Å². The summed E-state index contributed by atoms with van der Waals surface area (Å²) in [5, 5.41) is 0. The van der Waals surface area contributed by atoms with Gasteiger partial charge in [0, 0.05) is 20.7 Å². The number of nitrogens with zero attached hydrogens (tertiary/aromatic N) is 2. The number of ether oxygens (including phenoxy) is 1. The van der Waals surface area contributed by atoms with Crippen LogP contribution in [0.2, 0.25) is 0 Å². The van der Waals surface area contributed by atoms with Gasteiger partial charge >= 0.3 is 0 Å². The lowest BCUT2D eigenvalue weighted by Gasteiger charge is -2.12. The Bertz CT molecular complexity index is 217. The molecule has 1 heterocycles. The van der Waals surface area contributed by atoms with Gasteiger partial charge in [0.15, 0.2) is 0 Å². The van der Waals surface area contributed by atoms with Crippen LogP contribution in [0.5, 0.6) is 0 Å². The van der Waals surface area contributed by atoms with E-state index in [0.29, 0.717) is 6.54 Å². The summed E-state index contributed by atoms with van der Waals surface area (Å²) in [6, 6.07) is 0. The molecule has 1 aromatic heterocycles. The fourth-order valence-corrected chi connectivity index (χ4v) is 1.02. The maximum absolute atomic E-state index is 5.48. The molecule has 62 valence electrons. The largest absolute Gasteiger partial charge is 0.374 e. The van der Waals surface area contributed by atoms with Gasteiger partial charge in [-0.2, -0.15) is 0 Å². The number of aryl methyl sites for hydroxylation is 1. The van der Waals surface area contributed by atoms with E-state index in [1.807, 2.05) is 11.6 Å². The number of rotatable bonds is 3. The van der Waals surface area contributed by atoms with Gasteiger partial charge in [0.25, 0.3) is 0 Å². The van der Waals surface area contributed by atoms with Crippen molar-refractivity contribution in [2.24, 2.45) is 12.8 Å². The molecular formula is C7H13N3O. The van der Waals surface area contributed by atoms with Crippen LogP contribution in [0.25, 0.3) is 0 Å². The van der Waals surface area contributed by atoms with Crippen molar-refractivity contribution in [3.8, 4) is 0 Å². The molecule has 4 heteroatoms. The van der Waals surface area contributed by atoms with Crippen LogP contribution in [0.3, 0.4) is 0 Å². The summed E-state index contributed by atoms with van der Waals surface area (Å²) in [5.41, 5.74) is 6.49. The Kier molecular flexibility index (Phi) is 2.62. The molecule has 0 bridgehead atoms. The van der Waals surface area contributed by atoms with Crippen LogP contribution >= 0.6 is 0 Å². The number of nitrogens with two attached hydrogens (primary N) is 1. The lowest BCUT2D eigenvalue weighted by molar-refractivity contribution is 0.104. The quantitative estimate of drug-likeness (QED) is 0.671. The Labute approximate surface area is 66.0 Å². The van der Waals surface area contributed by atoms with Crippen molar-refractivity contribution in [2.45, 2.75) is 6.10 Å². The van der Waals surface area contributed by atoms with Crippen molar-refractivity contribution in [1.29, 1.82) is 0 Å². The molecule has 0 aliphatic carbocycles. The molecule has 0 aliphatic rings. The minimum atomic E-state index is -0.0394. The summed E-state index contributed by atoms with van der Waals surface area (Å²) in [5.74, 6) is 0. The van der Waals surface area contributed by atoms with Crippen molar-refractivity contribution < 1.29 is 4.74 Å². The maximum Gasteiger partial charge on any atom is 0.111 e. The smallest absolute Gasteiger partial charge is 0.111 e. The molecule has 1 aromatic rings. The fourth-order valence-electron chi connectivity index (χ4n) is 1.02. The van der Waals surface area contributed by atoms with Crippen LogP contribution in [-0.2, 0) is 11.8 Å². The first-order valence-corrected chi connectivity index (χ1v) is 3.48. The third-order valence-corrected chi connectivity index (χ3v) is 1.68. The molecule has 0 fully saturated rings. The van der Waals surface area contributed by atoms with Crippen LogP contribution in [0.15, 0.2) is 12.5 Å². The number of methoxy groups -OCH3 is 1. The Morgan fingerprint density at radius 3 is 2.91 bits per heavy atom. The molecule has 4 nitrogen and oxygen atoms in total. The van der Waals surface area contributed by atoms with Gasteiger partial charge in [-0.15, -0.1) is 0 Å². The molecule has 0 spiro atoms. The van der Waals surface area contributed by atoms with E-state index in [1.54, 1.807) is 19.6 Å². The van der Waals surface area contributed by atoms with Gasteiger partial charge in [-0.1, -0.05) is 0 Å². The Balaban J connectivity index is 2.81. The van der Waals surface area contributed by atoms with Crippen molar-refractivity contribution in [3.05, 3.63) is 18.2 Å². The number of imidazole rings is 1. The Morgan fingerprint density at radius 1 is 1.82 bits per heavy atom. The molecule has 1 rings (SSSR count). The predicted octanol–water partition coefficient (Wildman–Crippen LogP) is 0.0663. The highest BCUT2D eigenvalue weighted by Crippen LogP contribution is 2.12. The predicted molar refractivity (Wildman–Crippen MR) is 42.0 cm³/mol. The summed E-state index contributed by atoms with van der Waals surface area (Å²) in [4.78, 5) is 3.97. The lowest BCUT2D eigenvalue weighted by Crippen LogP contribution is -2.16. The van der Waals surface area contributed by atoms with Gasteiger partial charge in [-0.05, 0) is 0 Å². The standard InChI is InChI=1S/C7H13N3O/c1-10-5-9-4-6(10)7(3-8)11-2/h4-5,7H,3,8H2,1-2H3. The second-order valence-corrected chi connectivity index (χ2v) is 2.39. The van der Waals surface area contributed by atoms with Crippen molar-refractivity contribution in [2.75, 3.05) is 13.7 Å². The molecule has 1 atom stereocenters. The van der Waals surface area contributed by atoms with Crippen molar-refractivity contribution >= 4 is 0 Å². The maximum atomic E-state index is 5.48. The van der Waals surface area contributed by atoms with E-state index in [0.717, 1.165) is 5.69 Å². The number of aromatic nitrogens is 2. The van der Waals surface area contributed by atoms with Gasteiger partial charge < -0.3 is 15.0 Å². The first-order chi connectivity index (χ1) is 5.29. The lowest BCUT2D eigenvalue weighted by atomic mass is 10.3. The summed E-state index contributed by atoms with van der Waals surface area (Å²) < 4.78 is 7.04. The van der Waals surface area contributed by atoms with E-state index in [-0.39, 0.29) is 6.10 Å². The molecule has 0 aliphatic heterocycles. The average Bonchev–Trinajstić information content (AvgIpc) is 2.40.